The number of benzene rings is 3. The lowest BCUT2D eigenvalue weighted by atomic mass is 9.82. The quantitative estimate of drug-likeness (QED) is 0.355. The SMILES string of the molecule is CCc1ccc(CC)c(C(=O)CN2C(=O)NC(c3ccc(OC)cc3)(c3ccc(OC)cc3)C2=O)c1. The highest BCUT2D eigenvalue weighted by Gasteiger charge is 2.54. The van der Waals surface area contributed by atoms with Crippen molar-refractivity contribution in [1.82, 2.24) is 10.2 Å². The van der Waals surface area contributed by atoms with Gasteiger partial charge in [0.1, 0.15) is 11.5 Å². The minimum absolute atomic E-state index is 0.272. The van der Waals surface area contributed by atoms with Crippen molar-refractivity contribution in [2.24, 2.45) is 0 Å². The van der Waals surface area contributed by atoms with E-state index in [4.69, 9.17) is 9.47 Å². The predicted molar refractivity (Wildman–Crippen MR) is 137 cm³/mol. The van der Waals surface area contributed by atoms with Gasteiger partial charge in [0, 0.05) is 5.56 Å². The van der Waals surface area contributed by atoms with Gasteiger partial charge in [0.25, 0.3) is 5.91 Å². The van der Waals surface area contributed by atoms with Crippen LogP contribution in [0.1, 0.15) is 46.5 Å². The summed E-state index contributed by atoms with van der Waals surface area (Å²) in [7, 11) is 3.12. The van der Waals surface area contributed by atoms with Gasteiger partial charge in [0.05, 0.1) is 20.8 Å². The molecule has 0 unspecified atom stereocenters. The third-order valence-electron chi connectivity index (χ3n) is 6.72. The Morgan fingerprint density at radius 2 is 1.39 bits per heavy atom. The summed E-state index contributed by atoms with van der Waals surface area (Å²) in [5.74, 6) is 0.456. The summed E-state index contributed by atoms with van der Waals surface area (Å²) in [5, 5.41) is 2.89. The van der Waals surface area contributed by atoms with Crippen molar-refractivity contribution in [3.63, 3.8) is 0 Å². The van der Waals surface area contributed by atoms with Crippen LogP contribution in [0.15, 0.2) is 66.7 Å². The Labute approximate surface area is 211 Å². The molecule has 1 fully saturated rings. The van der Waals surface area contributed by atoms with Gasteiger partial charge >= 0.3 is 6.03 Å². The summed E-state index contributed by atoms with van der Waals surface area (Å²) in [6.07, 6.45) is 1.46. The number of ketones is 1. The third-order valence-corrected chi connectivity index (χ3v) is 6.72. The van der Waals surface area contributed by atoms with Crippen molar-refractivity contribution < 1.29 is 23.9 Å². The molecule has 3 aromatic carbocycles. The zero-order valence-electron chi connectivity index (χ0n) is 21.0. The molecule has 1 saturated heterocycles. The maximum Gasteiger partial charge on any atom is 0.325 e. The molecule has 7 heteroatoms. The van der Waals surface area contributed by atoms with Crippen molar-refractivity contribution in [1.29, 1.82) is 0 Å². The normalized spacial score (nSPS) is 14.5. The van der Waals surface area contributed by atoms with Crippen molar-refractivity contribution in [2.45, 2.75) is 32.2 Å². The van der Waals surface area contributed by atoms with Crippen LogP contribution in [0.5, 0.6) is 11.5 Å². The molecule has 3 aromatic rings. The number of carbonyl (C=O) groups excluding carboxylic acids is 3. The van der Waals surface area contributed by atoms with Gasteiger partial charge in [0.2, 0.25) is 0 Å². The van der Waals surface area contributed by atoms with Crippen molar-refractivity contribution in [2.75, 3.05) is 20.8 Å². The summed E-state index contributed by atoms with van der Waals surface area (Å²) in [5.41, 5.74) is 2.09. The molecule has 0 spiro atoms. The number of urea groups is 1. The highest BCUT2D eigenvalue weighted by Crippen LogP contribution is 2.37. The fourth-order valence-corrected chi connectivity index (χ4v) is 4.60. The molecule has 0 bridgehead atoms. The molecular weight excluding hydrogens is 456 g/mol. The summed E-state index contributed by atoms with van der Waals surface area (Å²) in [6, 6.07) is 19.1. The van der Waals surface area contributed by atoms with E-state index in [9.17, 15) is 14.4 Å². The Morgan fingerprint density at radius 3 is 1.86 bits per heavy atom. The molecule has 0 saturated carbocycles. The fraction of sp³-hybridized carbons (Fsp3) is 0.276. The van der Waals surface area contributed by atoms with Crippen LogP contribution >= 0.6 is 0 Å². The van der Waals surface area contributed by atoms with E-state index < -0.39 is 17.5 Å². The first-order chi connectivity index (χ1) is 17.4. The van der Waals surface area contributed by atoms with Crippen LogP contribution in [-0.2, 0) is 23.2 Å². The van der Waals surface area contributed by atoms with E-state index in [-0.39, 0.29) is 12.3 Å². The standard InChI is InChI=1S/C29H30N2O5/c1-5-19-7-8-20(6-2)25(17-19)26(32)18-31-27(33)29(30-28(31)34,21-9-13-23(35-3)14-10-21)22-11-15-24(36-4)16-12-22/h7-17H,5-6,18H2,1-4H3,(H,30,34). The minimum Gasteiger partial charge on any atom is -0.497 e. The third kappa shape index (κ3) is 4.33. The topological polar surface area (TPSA) is 84.9 Å². The van der Waals surface area contributed by atoms with E-state index in [1.807, 2.05) is 32.0 Å². The first-order valence-corrected chi connectivity index (χ1v) is 12.0. The van der Waals surface area contributed by atoms with Gasteiger partial charge in [0.15, 0.2) is 11.3 Å². The number of amides is 3. The molecule has 186 valence electrons. The number of methoxy groups -OCH3 is 2. The van der Waals surface area contributed by atoms with E-state index in [0.717, 1.165) is 22.4 Å². The highest BCUT2D eigenvalue weighted by molar-refractivity contribution is 6.13. The molecule has 36 heavy (non-hydrogen) atoms. The largest absolute Gasteiger partial charge is 0.497 e. The molecule has 0 aromatic heterocycles. The van der Waals surface area contributed by atoms with Crippen molar-refractivity contribution in [3.8, 4) is 11.5 Å². The summed E-state index contributed by atoms with van der Waals surface area (Å²) >= 11 is 0. The average Bonchev–Trinajstić information content (AvgIpc) is 3.18. The van der Waals surface area contributed by atoms with E-state index >= 15 is 0 Å². The number of nitrogens with one attached hydrogen (secondary N) is 1. The van der Waals surface area contributed by atoms with Crippen LogP contribution in [0.2, 0.25) is 0 Å². The number of Topliss-reactive ketones (excluding diaryl/α,β-unsaturated/α-hetero) is 1. The molecule has 1 aliphatic heterocycles. The van der Waals surface area contributed by atoms with Crippen LogP contribution < -0.4 is 14.8 Å². The zero-order chi connectivity index (χ0) is 25.9. The number of hydrogen-bond acceptors (Lipinski definition) is 5. The second-order valence-corrected chi connectivity index (χ2v) is 8.65. The first-order valence-electron chi connectivity index (χ1n) is 12.0. The predicted octanol–water partition coefficient (Wildman–Crippen LogP) is 4.51. The lowest BCUT2D eigenvalue weighted by Gasteiger charge is -2.28. The van der Waals surface area contributed by atoms with Crippen molar-refractivity contribution in [3.05, 3.63) is 94.5 Å². The number of hydrogen-bond donors (Lipinski definition) is 1. The number of aryl methyl sites for hydroxylation is 2. The second-order valence-electron chi connectivity index (χ2n) is 8.65. The number of rotatable bonds is 9. The molecule has 0 aliphatic carbocycles. The Morgan fingerprint density at radius 1 is 0.833 bits per heavy atom. The van der Waals surface area contributed by atoms with Gasteiger partial charge in [-0.1, -0.05) is 50.2 Å². The molecule has 1 heterocycles. The van der Waals surface area contributed by atoms with Crippen LogP contribution in [0.4, 0.5) is 4.79 Å². The monoisotopic (exact) mass is 486 g/mol. The van der Waals surface area contributed by atoms with Gasteiger partial charge in [-0.15, -0.1) is 0 Å². The lowest BCUT2D eigenvalue weighted by Crippen LogP contribution is -2.45. The van der Waals surface area contributed by atoms with E-state index in [1.54, 1.807) is 62.8 Å². The number of nitrogens with zero attached hydrogens (tertiary/aromatic N) is 1. The highest BCUT2D eigenvalue weighted by atomic mass is 16.5. The Hall–Kier alpha value is -4.13. The maximum absolute atomic E-state index is 14.0. The Kier molecular flexibility index (Phi) is 7.10. The number of imide groups is 1. The zero-order valence-corrected chi connectivity index (χ0v) is 21.0. The maximum atomic E-state index is 14.0. The molecule has 1 aliphatic rings. The van der Waals surface area contributed by atoms with Crippen LogP contribution in [-0.4, -0.2) is 43.4 Å². The van der Waals surface area contributed by atoms with Gasteiger partial charge in [-0.25, -0.2) is 4.79 Å². The first kappa shape index (κ1) is 25.0. The average molecular weight is 487 g/mol. The van der Waals surface area contributed by atoms with Gasteiger partial charge in [-0.2, -0.15) is 0 Å². The molecule has 1 N–H and O–H groups in total. The molecule has 0 radical (unpaired) electrons. The smallest absolute Gasteiger partial charge is 0.325 e. The Balaban J connectivity index is 1.75. The molecule has 0 atom stereocenters. The molecule has 7 nitrogen and oxygen atoms in total. The number of carbonyl (C=O) groups is 3. The van der Waals surface area contributed by atoms with Crippen LogP contribution in [0, 0.1) is 0 Å². The number of ether oxygens (including phenoxy) is 2. The van der Waals surface area contributed by atoms with E-state index in [2.05, 4.69) is 5.32 Å². The summed E-state index contributed by atoms with van der Waals surface area (Å²) in [6.45, 7) is 3.65. The van der Waals surface area contributed by atoms with E-state index in [1.165, 1.54) is 0 Å². The van der Waals surface area contributed by atoms with Crippen LogP contribution in [0.3, 0.4) is 0 Å². The molecular formula is C29H30N2O5. The lowest BCUT2D eigenvalue weighted by molar-refractivity contribution is -0.129. The van der Waals surface area contributed by atoms with Gasteiger partial charge < -0.3 is 14.8 Å². The van der Waals surface area contributed by atoms with E-state index in [0.29, 0.717) is 34.6 Å². The van der Waals surface area contributed by atoms with Crippen LogP contribution in [0.25, 0.3) is 0 Å². The van der Waals surface area contributed by atoms with Gasteiger partial charge in [-0.05, 0) is 65.4 Å². The van der Waals surface area contributed by atoms with Crippen molar-refractivity contribution >= 4 is 17.7 Å². The fourth-order valence-electron chi connectivity index (χ4n) is 4.60. The molecule has 3 amide bonds. The van der Waals surface area contributed by atoms with Gasteiger partial charge in [-0.3, -0.25) is 14.5 Å². The summed E-state index contributed by atoms with van der Waals surface area (Å²) < 4.78 is 10.5. The molecule has 4 rings (SSSR count). The minimum atomic E-state index is -1.49. The second kappa shape index (κ2) is 10.2. The summed E-state index contributed by atoms with van der Waals surface area (Å²) in [4.78, 5) is 41.6. The Bertz CT molecular complexity index is 1230.